The van der Waals surface area contributed by atoms with Crippen LogP contribution in [0.1, 0.15) is 20.8 Å². The molecule has 0 unspecified atom stereocenters. The van der Waals surface area contributed by atoms with Gasteiger partial charge in [0.15, 0.2) is 0 Å². The highest BCUT2D eigenvalue weighted by Gasteiger charge is 2.15. The Morgan fingerprint density at radius 2 is 2.38 bits per heavy atom. The van der Waals surface area contributed by atoms with Gasteiger partial charge in [-0.15, -0.1) is 11.8 Å². The number of aromatic amines is 1. The summed E-state index contributed by atoms with van der Waals surface area (Å²) < 4.78 is 5.10. The van der Waals surface area contributed by atoms with E-state index in [1.54, 1.807) is 24.3 Å². The molecule has 0 atom stereocenters. The molecule has 0 saturated carbocycles. The minimum Gasteiger partial charge on any atom is -0.444 e. The number of ether oxygens (including phenoxy) is 1. The number of carbonyl (C=O) groups is 1. The van der Waals surface area contributed by atoms with Crippen molar-refractivity contribution in [2.75, 3.05) is 12.3 Å². The normalized spacial score (nSPS) is 11.2. The van der Waals surface area contributed by atoms with E-state index in [-0.39, 0.29) is 6.09 Å². The van der Waals surface area contributed by atoms with E-state index < -0.39 is 5.60 Å². The Morgan fingerprint density at radius 1 is 1.62 bits per heavy atom. The van der Waals surface area contributed by atoms with Crippen molar-refractivity contribution in [1.82, 2.24) is 15.3 Å². The molecule has 0 saturated heterocycles. The zero-order chi connectivity index (χ0) is 12.0. The van der Waals surface area contributed by atoms with Gasteiger partial charge in [0.2, 0.25) is 0 Å². The molecule has 0 radical (unpaired) electrons. The monoisotopic (exact) mass is 243 g/mol. The second kappa shape index (κ2) is 5.79. The van der Waals surface area contributed by atoms with E-state index in [9.17, 15) is 4.79 Å². The number of alkyl carbamates (subject to hydrolysis) is 1. The third kappa shape index (κ3) is 5.65. The zero-order valence-electron chi connectivity index (χ0n) is 9.74. The van der Waals surface area contributed by atoms with Crippen molar-refractivity contribution < 1.29 is 9.53 Å². The van der Waals surface area contributed by atoms with Crippen LogP contribution in [0.15, 0.2) is 17.6 Å². The molecule has 0 aliphatic heterocycles. The summed E-state index contributed by atoms with van der Waals surface area (Å²) in [4.78, 5) is 18.1. The van der Waals surface area contributed by atoms with Crippen LogP contribution in [-0.4, -0.2) is 34.0 Å². The first-order valence-electron chi connectivity index (χ1n) is 5.05. The molecule has 5 nitrogen and oxygen atoms in total. The van der Waals surface area contributed by atoms with Gasteiger partial charge in [-0.2, -0.15) is 0 Å². The molecule has 1 aromatic rings. The molecule has 0 aliphatic rings. The molecule has 6 heteroatoms. The Bertz CT molecular complexity index is 319. The SMILES string of the molecule is CC(C)(C)OC(=O)NCCSc1cnc[nH]1. The third-order valence-electron chi connectivity index (χ3n) is 1.50. The maximum Gasteiger partial charge on any atom is 0.407 e. The maximum atomic E-state index is 11.3. The van der Waals surface area contributed by atoms with Crippen LogP contribution in [0.5, 0.6) is 0 Å². The highest BCUT2D eigenvalue weighted by Crippen LogP contribution is 2.12. The number of H-pyrrole nitrogens is 1. The van der Waals surface area contributed by atoms with Crippen molar-refractivity contribution in [2.24, 2.45) is 0 Å². The maximum absolute atomic E-state index is 11.3. The van der Waals surface area contributed by atoms with E-state index in [1.807, 2.05) is 20.8 Å². The summed E-state index contributed by atoms with van der Waals surface area (Å²) >= 11 is 1.60. The lowest BCUT2D eigenvalue weighted by molar-refractivity contribution is 0.0531. The number of imidazole rings is 1. The Balaban J connectivity index is 2.09. The lowest BCUT2D eigenvalue weighted by Crippen LogP contribution is -2.33. The number of rotatable bonds is 4. The minimum absolute atomic E-state index is 0.377. The minimum atomic E-state index is -0.444. The van der Waals surface area contributed by atoms with Crippen LogP contribution in [0.4, 0.5) is 4.79 Å². The van der Waals surface area contributed by atoms with E-state index >= 15 is 0 Å². The van der Waals surface area contributed by atoms with Gasteiger partial charge in [-0.1, -0.05) is 0 Å². The highest BCUT2D eigenvalue weighted by atomic mass is 32.2. The number of nitrogens with zero attached hydrogens (tertiary/aromatic N) is 1. The van der Waals surface area contributed by atoms with Gasteiger partial charge in [0.05, 0.1) is 17.6 Å². The fourth-order valence-corrected chi connectivity index (χ4v) is 1.65. The predicted octanol–water partition coefficient (Wildman–Crippen LogP) is 2.03. The lowest BCUT2D eigenvalue weighted by Gasteiger charge is -2.19. The first kappa shape index (κ1) is 12.9. The quantitative estimate of drug-likeness (QED) is 0.627. The number of hydrogen-bond acceptors (Lipinski definition) is 4. The third-order valence-corrected chi connectivity index (χ3v) is 2.44. The average Bonchev–Trinajstić information content (AvgIpc) is 2.62. The number of aromatic nitrogens is 2. The molecule has 1 amide bonds. The summed E-state index contributed by atoms with van der Waals surface area (Å²) in [5.74, 6) is 0.779. The molecule has 0 bridgehead atoms. The van der Waals surface area contributed by atoms with Crippen LogP contribution in [-0.2, 0) is 4.74 Å². The fraction of sp³-hybridized carbons (Fsp3) is 0.600. The summed E-state index contributed by atoms with van der Waals surface area (Å²) in [6.07, 6.45) is 3.00. The first-order chi connectivity index (χ1) is 7.47. The van der Waals surface area contributed by atoms with E-state index in [4.69, 9.17) is 4.74 Å². The smallest absolute Gasteiger partial charge is 0.407 e. The molecular formula is C10H17N3O2S. The van der Waals surface area contributed by atoms with Crippen molar-refractivity contribution in [3.63, 3.8) is 0 Å². The summed E-state index contributed by atoms with van der Waals surface area (Å²) in [6, 6.07) is 0. The van der Waals surface area contributed by atoms with Crippen LogP contribution in [0.3, 0.4) is 0 Å². The first-order valence-corrected chi connectivity index (χ1v) is 6.04. The number of nitrogens with one attached hydrogen (secondary N) is 2. The number of amides is 1. The van der Waals surface area contributed by atoms with Crippen molar-refractivity contribution in [3.8, 4) is 0 Å². The summed E-state index contributed by atoms with van der Waals surface area (Å²) in [5, 5.41) is 3.68. The van der Waals surface area contributed by atoms with Crippen LogP contribution in [0.25, 0.3) is 0 Å². The Labute approximate surface area is 99.4 Å². The lowest BCUT2D eigenvalue weighted by atomic mass is 10.2. The molecule has 90 valence electrons. The molecule has 1 rings (SSSR count). The standard InChI is InChI=1S/C10H17N3O2S/c1-10(2,3)15-9(14)12-4-5-16-8-6-11-7-13-8/h6-7H,4-5H2,1-3H3,(H,11,13)(H,12,14). The second-order valence-corrected chi connectivity index (χ2v) is 5.33. The molecule has 0 aliphatic carbocycles. The van der Waals surface area contributed by atoms with Gasteiger partial charge in [0, 0.05) is 12.3 Å². The van der Waals surface area contributed by atoms with E-state index in [0.29, 0.717) is 6.54 Å². The summed E-state index contributed by atoms with van der Waals surface area (Å²) in [6.45, 7) is 6.09. The molecule has 0 spiro atoms. The number of hydrogen-bond donors (Lipinski definition) is 2. The zero-order valence-corrected chi connectivity index (χ0v) is 10.6. The predicted molar refractivity (Wildman–Crippen MR) is 63.5 cm³/mol. The molecule has 0 aromatic carbocycles. The van der Waals surface area contributed by atoms with E-state index in [2.05, 4.69) is 15.3 Å². The Hall–Kier alpha value is -1.17. The van der Waals surface area contributed by atoms with Gasteiger partial charge in [0.1, 0.15) is 5.60 Å². The van der Waals surface area contributed by atoms with Crippen LogP contribution in [0, 0.1) is 0 Å². The summed E-state index contributed by atoms with van der Waals surface area (Å²) in [5.41, 5.74) is -0.444. The number of thioether (sulfide) groups is 1. The molecule has 1 aromatic heterocycles. The molecular weight excluding hydrogens is 226 g/mol. The highest BCUT2D eigenvalue weighted by molar-refractivity contribution is 7.99. The van der Waals surface area contributed by atoms with Gasteiger partial charge in [-0.25, -0.2) is 9.78 Å². The van der Waals surface area contributed by atoms with Gasteiger partial charge in [-0.3, -0.25) is 0 Å². The van der Waals surface area contributed by atoms with Crippen molar-refractivity contribution in [1.29, 1.82) is 0 Å². The van der Waals surface area contributed by atoms with E-state index in [1.165, 1.54) is 0 Å². The van der Waals surface area contributed by atoms with Crippen LogP contribution >= 0.6 is 11.8 Å². The van der Waals surface area contributed by atoms with Crippen LogP contribution < -0.4 is 5.32 Å². The number of carbonyl (C=O) groups excluding carboxylic acids is 1. The van der Waals surface area contributed by atoms with Gasteiger partial charge in [-0.05, 0) is 20.8 Å². The van der Waals surface area contributed by atoms with E-state index in [0.717, 1.165) is 10.8 Å². The van der Waals surface area contributed by atoms with Gasteiger partial charge >= 0.3 is 6.09 Å². The Kier molecular flexibility index (Phi) is 4.67. The molecule has 16 heavy (non-hydrogen) atoms. The molecule has 0 fully saturated rings. The molecule has 1 heterocycles. The van der Waals surface area contributed by atoms with Gasteiger partial charge in [0.25, 0.3) is 0 Å². The van der Waals surface area contributed by atoms with Crippen molar-refractivity contribution in [3.05, 3.63) is 12.5 Å². The van der Waals surface area contributed by atoms with Gasteiger partial charge < -0.3 is 15.0 Å². The fourth-order valence-electron chi connectivity index (χ4n) is 0.950. The van der Waals surface area contributed by atoms with Crippen molar-refractivity contribution in [2.45, 2.75) is 31.4 Å². The topological polar surface area (TPSA) is 67.0 Å². The second-order valence-electron chi connectivity index (χ2n) is 4.19. The van der Waals surface area contributed by atoms with Crippen molar-refractivity contribution >= 4 is 17.9 Å². The summed E-state index contributed by atoms with van der Waals surface area (Å²) in [7, 11) is 0. The largest absolute Gasteiger partial charge is 0.444 e. The van der Waals surface area contributed by atoms with Crippen LogP contribution in [0.2, 0.25) is 0 Å². The Morgan fingerprint density at radius 3 is 2.94 bits per heavy atom. The average molecular weight is 243 g/mol. The molecule has 2 N–H and O–H groups in total.